The number of benzene rings is 1. The van der Waals surface area contributed by atoms with Crippen LogP contribution in [0.25, 0.3) is 10.4 Å². The molecule has 1 aliphatic heterocycles. The van der Waals surface area contributed by atoms with Crippen LogP contribution in [0, 0.1) is 20.8 Å². The third kappa shape index (κ3) is 4.69. The van der Waals surface area contributed by atoms with Crippen LogP contribution in [0.3, 0.4) is 0 Å². The molecule has 1 saturated heterocycles. The highest BCUT2D eigenvalue weighted by atomic mass is 32.1. The van der Waals surface area contributed by atoms with Gasteiger partial charge in [-0.3, -0.25) is 9.59 Å². The molecule has 3 aromatic rings. The van der Waals surface area contributed by atoms with Crippen molar-refractivity contribution in [3.8, 4) is 10.4 Å². The van der Waals surface area contributed by atoms with E-state index in [0.29, 0.717) is 25.3 Å². The minimum absolute atomic E-state index is 0.103. The van der Waals surface area contributed by atoms with Gasteiger partial charge in [0.2, 0.25) is 11.8 Å². The topological polar surface area (TPSA) is 88.3 Å². The molecule has 0 spiro atoms. The van der Waals surface area contributed by atoms with Crippen molar-refractivity contribution < 1.29 is 14.1 Å². The Morgan fingerprint density at radius 1 is 1.26 bits per heavy atom. The smallest absolute Gasteiger partial charge is 0.243 e. The van der Waals surface area contributed by atoms with Crippen molar-refractivity contribution in [3.63, 3.8) is 0 Å². The van der Waals surface area contributed by atoms with E-state index in [0.717, 1.165) is 28.9 Å². The molecule has 1 fully saturated rings. The third-order valence-corrected chi connectivity index (χ3v) is 6.59. The van der Waals surface area contributed by atoms with Crippen LogP contribution in [0.15, 0.2) is 34.3 Å². The number of hydrogen-bond acceptors (Lipinski definition) is 6. The molecule has 0 bridgehead atoms. The predicted molar refractivity (Wildman–Crippen MR) is 119 cm³/mol. The first-order chi connectivity index (χ1) is 14.9. The summed E-state index contributed by atoms with van der Waals surface area (Å²) in [6, 6.07) is 7.53. The molecule has 1 aliphatic rings. The number of nitrogens with zero attached hydrogens (tertiary/aromatic N) is 3. The van der Waals surface area contributed by atoms with E-state index in [1.54, 1.807) is 22.3 Å². The van der Waals surface area contributed by atoms with Crippen molar-refractivity contribution in [2.75, 3.05) is 6.54 Å². The number of aromatic nitrogens is 2. The lowest BCUT2D eigenvalue weighted by atomic mass is 10.0. The van der Waals surface area contributed by atoms with Gasteiger partial charge in [-0.2, -0.15) is 0 Å². The molecular formula is C23H26N4O3S. The molecule has 1 N–H and O–H groups in total. The Balaban J connectivity index is 1.37. The normalized spacial score (nSPS) is 16.0. The number of carbonyl (C=O) groups is 2. The molecule has 2 amide bonds. The molecule has 0 aliphatic carbocycles. The average Bonchev–Trinajstić information content (AvgIpc) is 3.48. The molecule has 31 heavy (non-hydrogen) atoms. The molecular weight excluding hydrogens is 412 g/mol. The Labute approximate surface area is 185 Å². The van der Waals surface area contributed by atoms with Crippen molar-refractivity contribution in [2.24, 2.45) is 0 Å². The number of thiazole rings is 1. The zero-order valence-corrected chi connectivity index (χ0v) is 18.8. The number of nitrogens with one attached hydrogen (secondary N) is 1. The molecule has 1 unspecified atom stereocenters. The second-order valence-electron chi connectivity index (χ2n) is 7.99. The highest BCUT2D eigenvalue weighted by molar-refractivity contribution is 7.13. The second-order valence-corrected chi connectivity index (χ2v) is 8.85. The molecule has 8 heteroatoms. The van der Waals surface area contributed by atoms with Crippen LogP contribution in [-0.2, 0) is 22.6 Å². The highest BCUT2D eigenvalue weighted by Crippen LogP contribution is 2.30. The number of likely N-dealkylation sites (tertiary alicyclic amines) is 1. The average molecular weight is 439 g/mol. The van der Waals surface area contributed by atoms with E-state index in [4.69, 9.17) is 4.52 Å². The van der Waals surface area contributed by atoms with E-state index in [1.165, 1.54) is 10.4 Å². The van der Waals surface area contributed by atoms with Gasteiger partial charge in [-0.1, -0.05) is 23.4 Å². The van der Waals surface area contributed by atoms with Gasteiger partial charge in [0.15, 0.2) is 0 Å². The summed E-state index contributed by atoms with van der Waals surface area (Å²) in [4.78, 5) is 32.7. The minimum Gasteiger partial charge on any atom is -0.361 e. The first-order valence-corrected chi connectivity index (χ1v) is 11.3. The largest absolute Gasteiger partial charge is 0.361 e. The number of hydrogen-bond donors (Lipinski definition) is 1. The maximum atomic E-state index is 12.8. The van der Waals surface area contributed by atoms with Gasteiger partial charge < -0.3 is 14.7 Å². The molecule has 162 valence electrons. The standard InChI is InChI=1S/C23H26N4O3S/c1-14-9-17(6-7-19(14)22-16(3)25-13-31-22)12-24-23(29)20-5-4-8-27(20)21(28)11-18-10-15(2)26-30-18/h6-7,9-10,13,20H,4-5,8,11-12H2,1-3H3,(H,24,29). The van der Waals surface area contributed by atoms with E-state index < -0.39 is 6.04 Å². The minimum atomic E-state index is -0.434. The van der Waals surface area contributed by atoms with E-state index in [9.17, 15) is 9.59 Å². The number of carbonyl (C=O) groups excluding carboxylic acids is 2. The zero-order valence-electron chi connectivity index (χ0n) is 18.0. The molecule has 0 radical (unpaired) electrons. The molecule has 7 nitrogen and oxygen atoms in total. The molecule has 1 atom stereocenters. The van der Waals surface area contributed by atoms with Gasteiger partial charge in [-0.25, -0.2) is 4.98 Å². The summed E-state index contributed by atoms with van der Waals surface area (Å²) in [6.45, 7) is 6.92. The van der Waals surface area contributed by atoms with E-state index in [1.807, 2.05) is 25.4 Å². The van der Waals surface area contributed by atoms with Crippen LogP contribution in [0.4, 0.5) is 0 Å². The Bertz CT molecular complexity index is 1100. The molecule has 1 aromatic carbocycles. The van der Waals surface area contributed by atoms with Crippen LogP contribution in [0.5, 0.6) is 0 Å². The number of amides is 2. The lowest BCUT2D eigenvalue weighted by Gasteiger charge is -2.23. The molecule has 0 saturated carbocycles. The summed E-state index contributed by atoms with van der Waals surface area (Å²) in [5.74, 6) is 0.314. The summed E-state index contributed by atoms with van der Waals surface area (Å²) in [6.07, 6.45) is 1.62. The Morgan fingerprint density at radius 3 is 2.77 bits per heavy atom. The Kier molecular flexibility index (Phi) is 6.18. The summed E-state index contributed by atoms with van der Waals surface area (Å²) in [5, 5.41) is 6.83. The number of aryl methyl sites for hydroxylation is 3. The third-order valence-electron chi connectivity index (χ3n) is 5.63. The Hall–Kier alpha value is -3.00. The zero-order chi connectivity index (χ0) is 22.0. The van der Waals surface area contributed by atoms with Crippen molar-refractivity contribution >= 4 is 23.2 Å². The van der Waals surface area contributed by atoms with Crippen LogP contribution in [0.2, 0.25) is 0 Å². The summed E-state index contributed by atoms with van der Waals surface area (Å²) in [5.41, 5.74) is 6.98. The Morgan fingerprint density at radius 2 is 2.10 bits per heavy atom. The quantitative estimate of drug-likeness (QED) is 0.636. The monoisotopic (exact) mass is 438 g/mol. The van der Waals surface area contributed by atoms with Crippen LogP contribution in [0.1, 0.15) is 41.1 Å². The van der Waals surface area contributed by atoms with Gasteiger partial charge in [-0.15, -0.1) is 11.3 Å². The summed E-state index contributed by atoms with van der Waals surface area (Å²) in [7, 11) is 0. The van der Waals surface area contributed by atoms with Crippen LogP contribution in [-0.4, -0.2) is 39.4 Å². The van der Waals surface area contributed by atoms with Crippen molar-refractivity contribution in [2.45, 2.75) is 52.6 Å². The lowest BCUT2D eigenvalue weighted by molar-refractivity contribution is -0.138. The lowest BCUT2D eigenvalue weighted by Crippen LogP contribution is -2.46. The first kappa shape index (κ1) is 21.2. The van der Waals surface area contributed by atoms with Gasteiger partial charge in [-0.05, 0) is 50.3 Å². The van der Waals surface area contributed by atoms with E-state index >= 15 is 0 Å². The predicted octanol–water partition coefficient (Wildman–Crippen LogP) is 3.57. The fraction of sp³-hybridized carbons (Fsp3) is 0.391. The maximum absolute atomic E-state index is 12.8. The SMILES string of the molecule is Cc1cc(CC(=O)N2CCCC2C(=O)NCc2ccc(-c3scnc3C)c(C)c2)on1. The van der Waals surface area contributed by atoms with Crippen molar-refractivity contribution in [1.29, 1.82) is 0 Å². The summed E-state index contributed by atoms with van der Waals surface area (Å²) < 4.78 is 5.15. The molecule has 2 aromatic heterocycles. The first-order valence-electron chi connectivity index (χ1n) is 10.4. The summed E-state index contributed by atoms with van der Waals surface area (Å²) >= 11 is 1.63. The van der Waals surface area contributed by atoms with Crippen LogP contribution >= 0.6 is 11.3 Å². The number of rotatable bonds is 6. The highest BCUT2D eigenvalue weighted by Gasteiger charge is 2.34. The van der Waals surface area contributed by atoms with Gasteiger partial charge in [0.25, 0.3) is 0 Å². The van der Waals surface area contributed by atoms with Crippen molar-refractivity contribution in [1.82, 2.24) is 20.4 Å². The molecule has 4 rings (SSSR count). The van der Waals surface area contributed by atoms with Crippen LogP contribution < -0.4 is 5.32 Å². The van der Waals surface area contributed by atoms with Gasteiger partial charge in [0.1, 0.15) is 11.8 Å². The fourth-order valence-corrected chi connectivity index (χ4v) is 4.94. The van der Waals surface area contributed by atoms with E-state index in [2.05, 4.69) is 34.5 Å². The fourth-order valence-electron chi connectivity index (χ4n) is 4.05. The second kappa shape index (κ2) is 9.01. The van der Waals surface area contributed by atoms with Gasteiger partial charge >= 0.3 is 0 Å². The van der Waals surface area contributed by atoms with Gasteiger partial charge in [0.05, 0.1) is 28.2 Å². The van der Waals surface area contributed by atoms with Gasteiger partial charge in [0, 0.05) is 19.2 Å². The maximum Gasteiger partial charge on any atom is 0.243 e. The van der Waals surface area contributed by atoms with Crippen molar-refractivity contribution in [3.05, 3.63) is 58.1 Å². The van der Waals surface area contributed by atoms with E-state index in [-0.39, 0.29) is 18.2 Å². The molecule has 3 heterocycles.